The minimum atomic E-state index is -0.607. The number of anilines is 1. The number of para-hydroxylation sites is 2. The fourth-order valence-electron chi connectivity index (χ4n) is 2.31. The van der Waals surface area contributed by atoms with Crippen LogP contribution in [0.2, 0.25) is 0 Å². The maximum Gasteiger partial charge on any atom is 0.266 e. The number of hydrogen-bond acceptors (Lipinski definition) is 4. The van der Waals surface area contributed by atoms with Crippen LogP contribution in [-0.4, -0.2) is 21.2 Å². The SMILES string of the molecule is N#CC(=Cc1cn[nH]c1-c1ccccc1)C(=O)Nc1ccccc1O. The Kier molecular flexibility index (Phi) is 4.58. The summed E-state index contributed by atoms with van der Waals surface area (Å²) in [5.74, 6) is -0.675. The van der Waals surface area contributed by atoms with E-state index in [2.05, 4.69) is 15.5 Å². The molecule has 0 fully saturated rings. The number of hydrogen-bond donors (Lipinski definition) is 3. The molecular weight excluding hydrogens is 316 g/mol. The molecule has 6 nitrogen and oxygen atoms in total. The highest BCUT2D eigenvalue weighted by Crippen LogP contribution is 2.24. The van der Waals surface area contributed by atoms with E-state index in [9.17, 15) is 15.2 Å². The van der Waals surface area contributed by atoms with Crippen molar-refractivity contribution in [2.24, 2.45) is 0 Å². The number of nitrogens with one attached hydrogen (secondary N) is 2. The Labute approximate surface area is 144 Å². The van der Waals surface area contributed by atoms with E-state index in [0.717, 1.165) is 5.56 Å². The van der Waals surface area contributed by atoms with Gasteiger partial charge in [-0.25, -0.2) is 0 Å². The van der Waals surface area contributed by atoms with E-state index in [1.807, 2.05) is 36.4 Å². The van der Waals surface area contributed by atoms with Gasteiger partial charge in [0, 0.05) is 11.1 Å². The largest absolute Gasteiger partial charge is 0.506 e. The number of carbonyl (C=O) groups excluding carboxylic acids is 1. The predicted octanol–water partition coefficient (Wildman–Crippen LogP) is 3.33. The summed E-state index contributed by atoms with van der Waals surface area (Å²) < 4.78 is 0. The Morgan fingerprint density at radius 1 is 1.16 bits per heavy atom. The van der Waals surface area contributed by atoms with Crippen molar-refractivity contribution >= 4 is 17.7 Å². The van der Waals surface area contributed by atoms with Crippen LogP contribution in [0.15, 0.2) is 66.4 Å². The third-order valence-electron chi connectivity index (χ3n) is 3.55. The number of amides is 1. The third kappa shape index (κ3) is 3.57. The normalized spacial score (nSPS) is 10.9. The van der Waals surface area contributed by atoms with E-state index >= 15 is 0 Å². The summed E-state index contributed by atoms with van der Waals surface area (Å²) in [5.41, 5.74) is 2.37. The van der Waals surface area contributed by atoms with Crippen molar-refractivity contribution in [1.82, 2.24) is 10.2 Å². The first kappa shape index (κ1) is 16.0. The number of phenolic OH excluding ortho intramolecular Hbond substituents is 1. The monoisotopic (exact) mass is 330 g/mol. The summed E-state index contributed by atoms with van der Waals surface area (Å²) in [5, 5.41) is 28.5. The van der Waals surface area contributed by atoms with Crippen LogP contribution < -0.4 is 5.32 Å². The van der Waals surface area contributed by atoms with Gasteiger partial charge in [-0.2, -0.15) is 10.4 Å². The van der Waals surface area contributed by atoms with Crippen LogP contribution in [-0.2, 0) is 4.79 Å². The summed E-state index contributed by atoms with van der Waals surface area (Å²) in [4.78, 5) is 12.3. The molecule has 3 N–H and O–H groups in total. The molecule has 0 saturated heterocycles. The second-order valence-corrected chi connectivity index (χ2v) is 5.21. The van der Waals surface area contributed by atoms with Gasteiger partial charge in [-0.05, 0) is 18.2 Å². The van der Waals surface area contributed by atoms with E-state index in [-0.39, 0.29) is 17.0 Å². The van der Waals surface area contributed by atoms with Crippen LogP contribution in [0.5, 0.6) is 5.75 Å². The van der Waals surface area contributed by atoms with E-state index in [0.29, 0.717) is 11.3 Å². The van der Waals surface area contributed by atoms with Gasteiger partial charge < -0.3 is 10.4 Å². The Balaban J connectivity index is 1.90. The van der Waals surface area contributed by atoms with E-state index < -0.39 is 5.91 Å². The molecule has 0 bridgehead atoms. The molecule has 0 saturated carbocycles. The second-order valence-electron chi connectivity index (χ2n) is 5.21. The molecule has 25 heavy (non-hydrogen) atoms. The highest BCUT2D eigenvalue weighted by molar-refractivity contribution is 6.10. The molecule has 1 amide bonds. The van der Waals surface area contributed by atoms with Crippen LogP contribution in [0.3, 0.4) is 0 Å². The number of carbonyl (C=O) groups is 1. The minimum Gasteiger partial charge on any atom is -0.506 e. The first-order valence-corrected chi connectivity index (χ1v) is 7.49. The lowest BCUT2D eigenvalue weighted by Crippen LogP contribution is -2.13. The second kappa shape index (κ2) is 7.15. The Morgan fingerprint density at radius 2 is 1.88 bits per heavy atom. The number of aromatic amines is 1. The van der Waals surface area contributed by atoms with Crippen LogP contribution in [0.25, 0.3) is 17.3 Å². The van der Waals surface area contributed by atoms with Crippen molar-refractivity contribution < 1.29 is 9.90 Å². The van der Waals surface area contributed by atoms with Gasteiger partial charge in [0.2, 0.25) is 0 Å². The lowest BCUT2D eigenvalue weighted by molar-refractivity contribution is -0.112. The minimum absolute atomic E-state index is 0.0681. The molecule has 0 atom stereocenters. The van der Waals surface area contributed by atoms with Crippen LogP contribution in [0.1, 0.15) is 5.56 Å². The summed E-state index contributed by atoms with van der Waals surface area (Å²) >= 11 is 0. The molecular formula is C19H14N4O2. The van der Waals surface area contributed by atoms with Crippen LogP contribution >= 0.6 is 0 Å². The highest BCUT2D eigenvalue weighted by Gasteiger charge is 2.13. The Morgan fingerprint density at radius 3 is 2.60 bits per heavy atom. The molecule has 3 aromatic rings. The molecule has 3 rings (SSSR count). The van der Waals surface area contributed by atoms with Gasteiger partial charge >= 0.3 is 0 Å². The van der Waals surface area contributed by atoms with E-state index in [4.69, 9.17) is 0 Å². The van der Waals surface area contributed by atoms with E-state index in [1.54, 1.807) is 24.4 Å². The molecule has 6 heteroatoms. The van der Waals surface area contributed by atoms with Crippen molar-refractivity contribution in [2.45, 2.75) is 0 Å². The fourth-order valence-corrected chi connectivity index (χ4v) is 2.31. The van der Waals surface area contributed by atoms with Gasteiger partial charge in [0.15, 0.2) is 0 Å². The zero-order valence-electron chi connectivity index (χ0n) is 13.1. The average Bonchev–Trinajstić information content (AvgIpc) is 3.10. The van der Waals surface area contributed by atoms with Gasteiger partial charge in [0.25, 0.3) is 5.91 Å². The highest BCUT2D eigenvalue weighted by atomic mass is 16.3. The molecule has 0 unspecified atom stereocenters. The molecule has 2 aromatic carbocycles. The summed E-state index contributed by atoms with van der Waals surface area (Å²) in [6.45, 7) is 0. The number of nitriles is 1. The van der Waals surface area contributed by atoms with Crippen LogP contribution in [0, 0.1) is 11.3 Å². The Bertz CT molecular complexity index is 968. The number of H-pyrrole nitrogens is 1. The average molecular weight is 330 g/mol. The van der Waals surface area contributed by atoms with Crippen LogP contribution in [0.4, 0.5) is 5.69 Å². The first-order chi connectivity index (χ1) is 12.2. The maximum atomic E-state index is 12.3. The Hall–Kier alpha value is -3.85. The molecule has 0 aliphatic heterocycles. The summed E-state index contributed by atoms with van der Waals surface area (Å²) in [6, 6.07) is 17.7. The van der Waals surface area contributed by atoms with Gasteiger partial charge in [-0.15, -0.1) is 0 Å². The van der Waals surface area contributed by atoms with Crippen molar-refractivity contribution in [1.29, 1.82) is 5.26 Å². The van der Waals surface area contributed by atoms with Gasteiger partial charge in [0.05, 0.1) is 17.6 Å². The molecule has 122 valence electrons. The zero-order chi connectivity index (χ0) is 17.6. The molecule has 1 aromatic heterocycles. The topological polar surface area (TPSA) is 102 Å². The molecule has 0 aliphatic carbocycles. The van der Waals surface area contributed by atoms with Crippen molar-refractivity contribution in [3.8, 4) is 23.1 Å². The number of rotatable bonds is 4. The predicted molar refractivity (Wildman–Crippen MR) is 94.4 cm³/mol. The number of benzene rings is 2. The quantitative estimate of drug-likeness (QED) is 0.388. The third-order valence-corrected chi connectivity index (χ3v) is 3.55. The smallest absolute Gasteiger partial charge is 0.266 e. The number of nitrogens with zero attached hydrogens (tertiary/aromatic N) is 2. The lowest BCUT2D eigenvalue weighted by Gasteiger charge is -2.06. The standard InChI is InChI=1S/C19H14N4O2/c20-11-14(19(25)22-16-8-4-5-9-17(16)24)10-15-12-21-23-18(15)13-6-2-1-3-7-13/h1-10,12,24H,(H,21,23)(H,22,25). The fraction of sp³-hybridized carbons (Fsp3) is 0. The molecule has 0 aliphatic rings. The lowest BCUT2D eigenvalue weighted by atomic mass is 10.1. The van der Waals surface area contributed by atoms with Crippen molar-refractivity contribution in [3.05, 3.63) is 71.9 Å². The van der Waals surface area contributed by atoms with Gasteiger partial charge in [0.1, 0.15) is 17.4 Å². The number of aromatic nitrogens is 2. The van der Waals surface area contributed by atoms with Crippen molar-refractivity contribution in [3.63, 3.8) is 0 Å². The summed E-state index contributed by atoms with van der Waals surface area (Å²) in [6.07, 6.45) is 3.01. The van der Waals surface area contributed by atoms with Crippen molar-refractivity contribution in [2.75, 3.05) is 5.32 Å². The molecule has 0 radical (unpaired) electrons. The number of phenols is 1. The van der Waals surface area contributed by atoms with Gasteiger partial charge in [-0.3, -0.25) is 9.89 Å². The van der Waals surface area contributed by atoms with Gasteiger partial charge in [-0.1, -0.05) is 42.5 Å². The summed E-state index contributed by atoms with van der Waals surface area (Å²) in [7, 11) is 0. The maximum absolute atomic E-state index is 12.3. The molecule has 1 heterocycles. The van der Waals surface area contributed by atoms with E-state index in [1.165, 1.54) is 12.1 Å². The number of aromatic hydroxyl groups is 1. The zero-order valence-corrected chi connectivity index (χ0v) is 13.1. The molecule has 0 spiro atoms. The first-order valence-electron chi connectivity index (χ1n) is 7.49.